The number of benzene rings is 1. The lowest BCUT2D eigenvalue weighted by molar-refractivity contribution is -0.137. The van der Waals surface area contributed by atoms with Gasteiger partial charge in [-0.2, -0.15) is 5.10 Å². The first-order chi connectivity index (χ1) is 9.45. The van der Waals surface area contributed by atoms with E-state index in [-0.39, 0.29) is 12.5 Å². The second-order valence-electron chi connectivity index (χ2n) is 4.23. The van der Waals surface area contributed by atoms with Crippen LogP contribution in [0.5, 0.6) is 0 Å². The number of hydrogen-bond acceptors (Lipinski definition) is 3. The number of carbonyl (C=O) groups is 2. The zero-order valence-corrected chi connectivity index (χ0v) is 11.4. The van der Waals surface area contributed by atoms with Crippen molar-refractivity contribution in [3.8, 4) is 0 Å². The molecule has 0 aliphatic heterocycles. The monoisotopic (exact) mass is 293 g/mol. The number of amides is 1. The molecule has 0 aliphatic carbocycles. The lowest BCUT2D eigenvalue weighted by Crippen LogP contribution is -2.13. The minimum Gasteiger partial charge on any atom is -0.480 e. The lowest BCUT2D eigenvalue weighted by atomic mass is 10.1. The Bertz CT molecular complexity index is 667. The quantitative estimate of drug-likeness (QED) is 0.905. The van der Waals surface area contributed by atoms with E-state index in [1.54, 1.807) is 25.1 Å². The number of carboxylic acid groups (broad SMARTS) is 1. The Labute approximate surface area is 120 Å². The van der Waals surface area contributed by atoms with Crippen molar-refractivity contribution in [3.63, 3.8) is 0 Å². The van der Waals surface area contributed by atoms with Gasteiger partial charge in [0.25, 0.3) is 5.91 Å². The molecule has 0 radical (unpaired) electrons. The van der Waals surface area contributed by atoms with Crippen LogP contribution in [-0.2, 0) is 11.3 Å². The largest absolute Gasteiger partial charge is 0.480 e. The van der Waals surface area contributed by atoms with Crippen LogP contribution in [0.15, 0.2) is 30.6 Å². The van der Waals surface area contributed by atoms with Crippen molar-refractivity contribution < 1.29 is 14.7 Å². The number of nitrogens with one attached hydrogen (secondary N) is 1. The van der Waals surface area contributed by atoms with Crippen molar-refractivity contribution in [2.75, 3.05) is 5.32 Å². The highest BCUT2D eigenvalue weighted by Gasteiger charge is 2.11. The topological polar surface area (TPSA) is 84.2 Å². The van der Waals surface area contributed by atoms with E-state index < -0.39 is 5.97 Å². The summed E-state index contributed by atoms with van der Waals surface area (Å²) in [6, 6.07) is 4.97. The molecule has 2 rings (SSSR count). The highest BCUT2D eigenvalue weighted by Crippen LogP contribution is 2.16. The summed E-state index contributed by atoms with van der Waals surface area (Å²) in [6.07, 6.45) is 2.85. The number of aliphatic carboxylic acids is 1. The minimum absolute atomic E-state index is 0.254. The summed E-state index contributed by atoms with van der Waals surface area (Å²) in [7, 11) is 0. The highest BCUT2D eigenvalue weighted by atomic mass is 35.5. The van der Waals surface area contributed by atoms with Crippen molar-refractivity contribution in [2.24, 2.45) is 0 Å². The summed E-state index contributed by atoms with van der Waals surface area (Å²) in [5.74, 6) is -1.30. The lowest BCUT2D eigenvalue weighted by Gasteiger charge is -2.06. The van der Waals surface area contributed by atoms with Gasteiger partial charge in [0.1, 0.15) is 6.54 Å². The molecule has 104 valence electrons. The molecule has 0 unspecified atom stereocenters. The van der Waals surface area contributed by atoms with E-state index in [9.17, 15) is 9.59 Å². The van der Waals surface area contributed by atoms with Crippen LogP contribution in [-0.4, -0.2) is 26.8 Å². The maximum atomic E-state index is 12.1. The minimum atomic E-state index is -1.00. The van der Waals surface area contributed by atoms with E-state index >= 15 is 0 Å². The van der Waals surface area contributed by atoms with Crippen molar-refractivity contribution >= 4 is 29.2 Å². The number of carbonyl (C=O) groups excluding carboxylic acids is 1. The Hall–Kier alpha value is -2.34. The molecule has 1 aromatic carbocycles. The Morgan fingerprint density at radius 1 is 1.45 bits per heavy atom. The predicted molar refractivity (Wildman–Crippen MR) is 74.0 cm³/mol. The first-order valence-corrected chi connectivity index (χ1v) is 6.15. The zero-order chi connectivity index (χ0) is 14.7. The first-order valence-electron chi connectivity index (χ1n) is 5.77. The molecule has 2 aromatic rings. The molecular weight excluding hydrogens is 282 g/mol. The number of hydrogen-bond donors (Lipinski definition) is 2. The average Bonchev–Trinajstić information content (AvgIpc) is 2.75. The van der Waals surface area contributed by atoms with Crippen molar-refractivity contribution in [1.82, 2.24) is 9.78 Å². The van der Waals surface area contributed by atoms with Crippen LogP contribution in [0.4, 0.5) is 5.69 Å². The van der Waals surface area contributed by atoms with Crippen LogP contribution < -0.4 is 5.32 Å². The fraction of sp³-hybridized carbons (Fsp3) is 0.154. The van der Waals surface area contributed by atoms with E-state index in [1.165, 1.54) is 17.1 Å². The van der Waals surface area contributed by atoms with E-state index in [0.29, 0.717) is 16.3 Å². The molecule has 6 nitrogen and oxygen atoms in total. The third kappa shape index (κ3) is 3.36. The van der Waals surface area contributed by atoms with Crippen LogP contribution in [0.25, 0.3) is 0 Å². The van der Waals surface area contributed by atoms with Crippen molar-refractivity contribution in [1.29, 1.82) is 0 Å². The van der Waals surface area contributed by atoms with Crippen LogP contribution in [0, 0.1) is 6.92 Å². The molecule has 1 aromatic heterocycles. The van der Waals surface area contributed by atoms with E-state index in [4.69, 9.17) is 16.7 Å². The number of rotatable bonds is 4. The number of aryl methyl sites for hydroxylation is 1. The summed E-state index contributed by atoms with van der Waals surface area (Å²) in [6.45, 7) is 1.53. The summed E-state index contributed by atoms with van der Waals surface area (Å²) in [4.78, 5) is 22.6. The Kier molecular flexibility index (Phi) is 4.05. The molecule has 0 fully saturated rings. The summed E-state index contributed by atoms with van der Waals surface area (Å²) >= 11 is 5.83. The number of carboxylic acids is 1. The SMILES string of the molecule is Cc1cc(Cl)ccc1C(=O)Nc1cnn(CC(=O)O)c1. The van der Waals surface area contributed by atoms with Gasteiger partial charge < -0.3 is 10.4 Å². The average molecular weight is 294 g/mol. The second-order valence-corrected chi connectivity index (χ2v) is 4.67. The maximum absolute atomic E-state index is 12.1. The third-order valence-electron chi connectivity index (χ3n) is 2.62. The molecule has 1 amide bonds. The van der Waals surface area contributed by atoms with Gasteiger partial charge >= 0.3 is 5.97 Å². The molecule has 20 heavy (non-hydrogen) atoms. The number of aromatic nitrogens is 2. The Balaban J connectivity index is 2.11. The maximum Gasteiger partial charge on any atom is 0.325 e. The first kappa shape index (κ1) is 14.1. The van der Waals surface area contributed by atoms with Gasteiger partial charge in [0.05, 0.1) is 11.9 Å². The number of anilines is 1. The fourth-order valence-corrected chi connectivity index (χ4v) is 1.96. The van der Waals surface area contributed by atoms with E-state index in [2.05, 4.69) is 10.4 Å². The van der Waals surface area contributed by atoms with Gasteiger partial charge in [-0.25, -0.2) is 0 Å². The molecule has 0 spiro atoms. The normalized spacial score (nSPS) is 10.3. The molecular formula is C13H12ClN3O3. The van der Waals surface area contributed by atoms with Gasteiger partial charge in [0.15, 0.2) is 0 Å². The van der Waals surface area contributed by atoms with Gasteiger partial charge in [-0.3, -0.25) is 14.3 Å². The standard InChI is InChI=1S/C13H12ClN3O3/c1-8-4-9(14)2-3-11(8)13(20)16-10-5-15-17(6-10)7-12(18)19/h2-6H,7H2,1H3,(H,16,20)(H,18,19). The molecule has 0 bridgehead atoms. The third-order valence-corrected chi connectivity index (χ3v) is 2.86. The van der Waals surface area contributed by atoms with Gasteiger partial charge in [-0.05, 0) is 30.7 Å². The Morgan fingerprint density at radius 2 is 2.20 bits per heavy atom. The van der Waals surface area contributed by atoms with Gasteiger partial charge in [0.2, 0.25) is 0 Å². The molecule has 1 heterocycles. The van der Waals surface area contributed by atoms with Crippen LogP contribution in [0.1, 0.15) is 15.9 Å². The van der Waals surface area contributed by atoms with E-state index in [0.717, 1.165) is 5.56 Å². The molecule has 0 aliphatic rings. The van der Waals surface area contributed by atoms with E-state index in [1.807, 2.05) is 0 Å². The summed E-state index contributed by atoms with van der Waals surface area (Å²) < 4.78 is 1.23. The smallest absolute Gasteiger partial charge is 0.325 e. The molecule has 0 saturated heterocycles. The second kappa shape index (κ2) is 5.75. The number of nitrogens with zero attached hydrogens (tertiary/aromatic N) is 2. The molecule has 0 atom stereocenters. The van der Waals surface area contributed by atoms with Gasteiger partial charge in [-0.15, -0.1) is 0 Å². The predicted octanol–water partition coefficient (Wildman–Crippen LogP) is 2.18. The van der Waals surface area contributed by atoms with Crippen LogP contribution in [0.3, 0.4) is 0 Å². The van der Waals surface area contributed by atoms with Crippen molar-refractivity contribution in [2.45, 2.75) is 13.5 Å². The zero-order valence-electron chi connectivity index (χ0n) is 10.6. The highest BCUT2D eigenvalue weighted by molar-refractivity contribution is 6.30. The Morgan fingerprint density at radius 3 is 2.85 bits per heavy atom. The molecule has 7 heteroatoms. The molecule has 2 N–H and O–H groups in total. The van der Waals surface area contributed by atoms with Gasteiger partial charge in [0, 0.05) is 16.8 Å². The summed E-state index contributed by atoms with van der Waals surface area (Å²) in [5.41, 5.74) is 1.69. The number of halogens is 1. The summed E-state index contributed by atoms with van der Waals surface area (Å²) in [5, 5.41) is 15.7. The molecule has 0 saturated carbocycles. The van der Waals surface area contributed by atoms with Crippen molar-refractivity contribution in [3.05, 3.63) is 46.7 Å². The fourth-order valence-electron chi connectivity index (χ4n) is 1.73. The van der Waals surface area contributed by atoms with Crippen LogP contribution in [0.2, 0.25) is 5.02 Å². The van der Waals surface area contributed by atoms with Crippen LogP contribution >= 0.6 is 11.6 Å². The van der Waals surface area contributed by atoms with Gasteiger partial charge in [-0.1, -0.05) is 11.6 Å².